The lowest BCUT2D eigenvalue weighted by Crippen LogP contribution is -2.35. The zero-order valence-corrected chi connectivity index (χ0v) is 17.5. The Morgan fingerprint density at radius 3 is 2.29 bits per heavy atom. The van der Waals surface area contributed by atoms with Crippen molar-refractivity contribution >= 4 is 17.5 Å². The highest BCUT2D eigenvalue weighted by atomic mass is 16.5. The second-order valence-corrected chi connectivity index (χ2v) is 7.81. The first kappa shape index (κ1) is 20.9. The van der Waals surface area contributed by atoms with Crippen molar-refractivity contribution in [3.63, 3.8) is 0 Å². The summed E-state index contributed by atoms with van der Waals surface area (Å²) in [7, 11) is 0. The molecule has 4 heteroatoms. The minimum absolute atomic E-state index is 0.0231. The summed E-state index contributed by atoms with van der Waals surface area (Å²) in [5.74, 6) is 0.776. The van der Waals surface area contributed by atoms with E-state index in [0.29, 0.717) is 12.2 Å². The number of hydrogen-bond donors (Lipinski definition) is 1. The standard InChI is InChI=1S/C27H27NO3/c29-25-16-18-28(19-17-25)24-11-9-23(10-12-24)27(30)15-8-21-6-13-26(14-7-21)31-20-22-4-2-1-3-5-22/h1-15,25,29H,16-20H2. The quantitative estimate of drug-likeness (QED) is 0.431. The number of ether oxygens (including phenoxy) is 1. The third-order valence-corrected chi connectivity index (χ3v) is 5.54. The normalized spacial score (nSPS) is 14.7. The molecule has 3 aromatic rings. The third kappa shape index (κ3) is 5.83. The fraction of sp³-hybridized carbons (Fsp3) is 0.222. The van der Waals surface area contributed by atoms with Crippen LogP contribution < -0.4 is 9.64 Å². The number of aliphatic hydroxyl groups is 1. The summed E-state index contributed by atoms with van der Waals surface area (Å²) >= 11 is 0. The van der Waals surface area contributed by atoms with Gasteiger partial charge in [0.2, 0.25) is 0 Å². The van der Waals surface area contributed by atoms with Crippen molar-refractivity contribution in [3.05, 3.63) is 102 Å². The molecule has 1 heterocycles. The minimum Gasteiger partial charge on any atom is -0.489 e. The number of rotatable bonds is 7. The number of aliphatic hydroxyl groups excluding tert-OH is 1. The molecule has 0 amide bonds. The van der Waals surface area contributed by atoms with E-state index in [1.54, 1.807) is 6.08 Å². The van der Waals surface area contributed by atoms with E-state index in [0.717, 1.165) is 48.5 Å². The SMILES string of the molecule is O=C(C=Cc1ccc(OCc2ccccc2)cc1)c1ccc(N2CCC(O)CC2)cc1. The zero-order chi connectivity index (χ0) is 21.5. The molecule has 1 saturated heterocycles. The van der Waals surface area contributed by atoms with Crippen LogP contribution in [0, 0.1) is 0 Å². The predicted octanol–water partition coefficient (Wildman–Crippen LogP) is 5.12. The van der Waals surface area contributed by atoms with Gasteiger partial charge in [0, 0.05) is 24.3 Å². The molecule has 1 aliphatic rings. The van der Waals surface area contributed by atoms with E-state index < -0.39 is 0 Å². The summed E-state index contributed by atoms with van der Waals surface area (Å²) in [6, 6.07) is 25.5. The largest absolute Gasteiger partial charge is 0.489 e. The Morgan fingerprint density at radius 2 is 1.61 bits per heavy atom. The van der Waals surface area contributed by atoms with Gasteiger partial charge in [-0.3, -0.25) is 4.79 Å². The van der Waals surface area contributed by atoms with Gasteiger partial charge in [-0.1, -0.05) is 48.5 Å². The van der Waals surface area contributed by atoms with Crippen LogP contribution in [-0.2, 0) is 6.61 Å². The summed E-state index contributed by atoms with van der Waals surface area (Å²) in [6.45, 7) is 2.22. The minimum atomic E-state index is -0.188. The zero-order valence-electron chi connectivity index (χ0n) is 17.5. The summed E-state index contributed by atoms with van der Waals surface area (Å²) < 4.78 is 5.80. The van der Waals surface area contributed by atoms with E-state index in [1.165, 1.54) is 0 Å². The number of nitrogens with zero attached hydrogens (tertiary/aromatic N) is 1. The number of hydrogen-bond acceptors (Lipinski definition) is 4. The van der Waals surface area contributed by atoms with Gasteiger partial charge in [0.15, 0.2) is 5.78 Å². The van der Waals surface area contributed by atoms with Crippen LogP contribution in [0.15, 0.2) is 84.9 Å². The number of carbonyl (C=O) groups is 1. The lowest BCUT2D eigenvalue weighted by molar-refractivity contribution is 0.104. The van der Waals surface area contributed by atoms with Gasteiger partial charge in [-0.15, -0.1) is 0 Å². The molecule has 1 aliphatic heterocycles. The van der Waals surface area contributed by atoms with Crippen molar-refractivity contribution in [3.8, 4) is 5.75 Å². The molecule has 3 aromatic carbocycles. The summed E-state index contributed by atoms with van der Waals surface area (Å²) in [5.41, 5.74) is 3.84. The molecule has 0 aromatic heterocycles. The molecule has 0 bridgehead atoms. The van der Waals surface area contributed by atoms with Gasteiger partial charge in [-0.25, -0.2) is 0 Å². The Morgan fingerprint density at radius 1 is 0.935 bits per heavy atom. The van der Waals surface area contributed by atoms with Crippen LogP contribution in [0.2, 0.25) is 0 Å². The average molecular weight is 414 g/mol. The van der Waals surface area contributed by atoms with Crippen LogP contribution in [0.3, 0.4) is 0 Å². The van der Waals surface area contributed by atoms with Crippen LogP contribution in [0.1, 0.15) is 34.3 Å². The van der Waals surface area contributed by atoms with Gasteiger partial charge in [0.05, 0.1) is 6.10 Å². The number of anilines is 1. The van der Waals surface area contributed by atoms with Gasteiger partial charge >= 0.3 is 0 Å². The fourth-order valence-electron chi connectivity index (χ4n) is 3.64. The second-order valence-electron chi connectivity index (χ2n) is 7.81. The molecule has 1 fully saturated rings. The summed E-state index contributed by atoms with van der Waals surface area (Å²) in [5, 5.41) is 9.65. The lowest BCUT2D eigenvalue weighted by Gasteiger charge is -2.31. The Labute approximate surface area is 183 Å². The van der Waals surface area contributed by atoms with Gasteiger partial charge in [0.1, 0.15) is 12.4 Å². The van der Waals surface area contributed by atoms with Crippen molar-refractivity contribution in [1.82, 2.24) is 0 Å². The highest BCUT2D eigenvalue weighted by Crippen LogP contribution is 2.21. The highest BCUT2D eigenvalue weighted by molar-refractivity contribution is 6.07. The van der Waals surface area contributed by atoms with Crippen LogP contribution >= 0.6 is 0 Å². The predicted molar refractivity (Wildman–Crippen MR) is 124 cm³/mol. The van der Waals surface area contributed by atoms with E-state index in [1.807, 2.05) is 84.9 Å². The highest BCUT2D eigenvalue weighted by Gasteiger charge is 2.17. The Bertz CT molecular complexity index is 1000. The molecule has 0 radical (unpaired) electrons. The van der Waals surface area contributed by atoms with E-state index in [4.69, 9.17) is 4.74 Å². The van der Waals surface area contributed by atoms with Gasteiger partial charge in [-0.05, 0) is 66.4 Å². The molecule has 158 valence electrons. The Hall–Kier alpha value is -3.37. The second kappa shape index (κ2) is 10.1. The smallest absolute Gasteiger partial charge is 0.185 e. The molecule has 4 rings (SSSR count). The van der Waals surface area contributed by atoms with Gasteiger partial charge in [-0.2, -0.15) is 0 Å². The van der Waals surface area contributed by atoms with E-state index in [9.17, 15) is 9.90 Å². The molecule has 1 N–H and O–H groups in total. The molecular weight excluding hydrogens is 386 g/mol. The molecule has 0 saturated carbocycles. The summed E-state index contributed by atoms with van der Waals surface area (Å²) in [6.07, 6.45) is 4.82. The third-order valence-electron chi connectivity index (χ3n) is 5.54. The number of ketones is 1. The number of allylic oxidation sites excluding steroid dienone is 1. The van der Waals surface area contributed by atoms with Crippen molar-refractivity contribution in [1.29, 1.82) is 0 Å². The van der Waals surface area contributed by atoms with Crippen LogP contribution in [0.25, 0.3) is 6.08 Å². The van der Waals surface area contributed by atoms with Crippen LogP contribution in [0.4, 0.5) is 5.69 Å². The maximum atomic E-state index is 12.5. The first-order chi connectivity index (χ1) is 15.2. The number of benzene rings is 3. The van der Waals surface area contributed by atoms with Crippen molar-refractivity contribution in [2.24, 2.45) is 0 Å². The molecule has 0 atom stereocenters. The van der Waals surface area contributed by atoms with Crippen molar-refractivity contribution in [2.45, 2.75) is 25.6 Å². The van der Waals surface area contributed by atoms with E-state index in [2.05, 4.69) is 4.90 Å². The molecule has 4 nitrogen and oxygen atoms in total. The fourth-order valence-corrected chi connectivity index (χ4v) is 3.64. The first-order valence-electron chi connectivity index (χ1n) is 10.7. The Balaban J connectivity index is 1.31. The first-order valence-corrected chi connectivity index (χ1v) is 10.7. The van der Waals surface area contributed by atoms with E-state index in [-0.39, 0.29) is 11.9 Å². The van der Waals surface area contributed by atoms with Crippen molar-refractivity contribution in [2.75, 3.05) is 18.0 Å². The van der Waals surface area contributed by atoms with Crippen LogP contribution in [-0.4, -0.2) is 30.1 Å². The topological polar surface area (TPSA) is 49.8 Å². The monoisotopic (exact) mass is 413 g/mol. The number of carbonyl (C=O) groups excluding carboxylic acids is 1. The maximum Gasteiger partial charge on any atom is 0.185 e. The molecular formula is C27H27NO3. The van der Waals surface area contributed by atoms with Crippen molar-refractivity contribution < 1.29 is 14.6 Å². The summed E-state index contributed by atoms with van der Waals surface area (Å²) in [4.78, 5) is 14.8. The maximum absolute atomic E-state index is 12.5. The molecule has 0 unspecified atom stereocenters. The van der Waals surface area contributed by atoms with Gasteiger partial charge in [0.25, 0.3) is 0 Å². The number of piperidine rings is 1. The molecule has 0 aliphatic carbocycles. The van der Waals surface area contributed by atoms with Gasteiger partial charge < -0.3 is 14.7 Å². The molecule has 0 spiro atoms. The average Bonchev–Trinajstić information content (AvgIpc) is 2.83. The Kier molecular flexibility index (Phi) is 6.80. The molecule has 31 heavy (non-hydrogen) atoms. The van der Waals surface area contributed by atoms with Crippen LogP contribution in [0.5, 0.6) is 5.75 Å². The van der Waals surface area contributed by atoms with E-state index >= 15 is 0 Å². The lowest BCUT2D eigenvalue weighted by atomic mass is 10.1.